The highest BCUT2D eigenvalue weighted by Crippen LogP contribution is 2.33. The van der Waals surface area contributed by atoms with Gasteiger partial charge in [0.05, 0.1) is 17.9 Å². The maximum absolute atomic E-state index is 12.9. The molecule has 4 rings (SSSR count). The Kier molecular flexibility index (Phi) is 6.11. The van der Waals surface area contributed by atoms with E-state index < -0.39 is 0 Å². The number of ether oxygens (including phenoxy) is 1. The molecule has 0 saturated carbocycles. The number of carbonyl (C=O) groups excluding carboxylic acids is 1. The predicted molar refractivity (Wildman–Crippen MR) is 120 cm³/mol. The van der Waals surface area contributed by atoms with Gasteiger partial charge in [0.2, 0.25) is 11.6 Å². The van der Waals surface area contributed by atoms with Crippen molar-refractivity contribution < 1.29 is 13.9 Å². The fraction of sp³-hybridized carbons (Fsp3) is 0.458. The molecule has 1 amide bonds. The van der Waals surface area contributed by atoms with Crippen LogP contribution in [0.5, 0.6) is 5.75 Å². The number of hydrogen-bond acceptors (Lipinski definition) is 6. The maximum atomic E-state index is 12.9. The molecule has 1 unspecified atom stereocenters. The van der Waals surface area contributed by atoms with Crippen LogP contribution in [0.15, 0.2) is 28.7 Å². The van der Waals surface area contributed by atoms with Gasteiger partial charge in [0.1, 0.15) is 23.2 Å². The second-order valence-electron chi connectivity index (χ2n) is 8.14. The first kappa shape index (κ1) is 21.2. The molecule has 31 heavy (non-hydrogen) atoms. The normalized spacial score (nSPS) is 16.5. The molecule has 3 aromatic rings. The summed E-state index contributed by atoms with van der Waals surface area (Å²) in [5.74, 6) is 3.27. The van der Waals surface area contributed by atoms with E-state index in [1.54, 1.807) is 0 Å². The third-order valence-corrected chi connectivity index (χ3v) is 5.91. The Morgan fingerprint density at radius 2 is 2.00 bits per heavy atom. The van der Waals surface area contributed by atoms with Gasteiger partial charge in [0.25, 0.3) is 0 Å². The number of hydrogen-bond donors (Lipinski definition) is 1. The molecule has 3 heterocycles. The van der Waals surface area contributed by atoms with E-state index in [1.807, 2.05) is 52.0 Å². The van der Waals surface area contributed by atoms with Crippen LogP contribution in [0.3, 0.4) is 0 Å². The zero-order valence-corrected chi connectivity index (χ0v) is 18.7. The molecule has 1 atom stereocenters. The summed E-state index contributed by atoms with van der Waals surface area (Å²) in [5.41, 5.74) is 2.74. The van der Waals surface area contributed by atoms with Gasteiger partial charge >= 0.3 is 0 Å². The number of aromatic nitrogens is 2. The van der Waals surface area contributed by atoms with Crippen LogP contribution in [0.1, 0.15) is 42.5 Å². The van der Waals surface area contributed by atoms with Gasteiger partial charge in [0.15, 0.2) is 0 Å². The molecule has 1 aliphatic heterocycles. The monoisotopic (exact) mass is 422 g/mol. The average molecular weight is 423 g/mol. The molecule has 1 fully saturated rings. The third kappa shape index (κ3) is 4.50. The Bertz CT molecular complexity index is 1070. The lowest BCUT2D eigenvalue weighted by atomic mass is 9.96. The zero-order chi connectivity index (χ0) is 22.0. The summed E-state index contributed by atoms with van der Waals surface area (Å²) in [6.45, 7) is 10.5. The van der Waals surface area contributed by atoms with Crippen LogP contribution in [0, 0.1) is 26.7 Å². The van der Waals surface area contributed by atoms with E-state index in [-0.39, 0.29) is 11.8 Å². The SMILES string of the molecule is CCOc1ccc(CNC(=O)C2CCCN(c3nc(C)nc4oc(C)c(C)c34)C2)cc1. The molecule has 1 N–H and O–H groups in total. The second kappa shape index (κ2) is 8.96. The molecule has 7 heteroatoms. The topological polar surface area (TPSA) is 80.5 Å². The summed E-state index contributed by atoms with van der Waals surface area (Å²) in [7, 11) is 0. The van der Waals surface area contributed by atoms with E-state index in [0.29, 0.717) is 31.2 Å². The van der Waals surface area contributed by atoms with Crippen molar-refractivity contribution in [2.75, 3.05) is 24.6 Å². The lowest BCUT2D eigenvalue weighted by Crippen LogP contribution is -2.43. The number of carbonyl (C=O) groups is 1. The van der Waals surface area contributed by atoms with Crippen molar-refractivity contribution in [3.05, 3.63) is 47.0 Å². The van der Waals surface area contributed by atoms with Gasteiger partial charge in [-0.2, -0.15) is 4.98 Å². The zero-order valence-electron chi connectivity index (χ0n) is 18.7. The highest BCUT2D eigenvalue weighted by atomic mass is 16.5. The number of fused-ring (bicyclic) bond motifs is 1. The lowest BCUT2D eigenvalue weighted by molar-refractivity contribution is -0.125. The summed E-state index contributed by atoms with van der Waals surface area (Å²) >= 11 is 0. The Labute approximate surface area is 182 Å². The Morgan fingerprint density at radius 3 is 2.74 bits per heavy atom. The number of aryl methyl sites for hydroxylation is 3. The molecule has 1 aliphatic rings. The number of benzene rings is 1. The minimum Gasteiger partial charge on any atom is -0.494 e. The van der Waals surface area contributed by atoms with Crippen molar-refractivity contribution in [2.45, 2.75) is 47.1 Å². The van der Waals surface area contributed by atoms with Gasteiger partial charge in [-0.3, -0.25) is 4.79 Å². The molecular formula is C24H30N4O3. The number of amides is 1. The van der Waals surface area contributed by atoms with Crippen molar-refractivity contribution >= 4 is 22.8 Å². The Hall–Kier alpha value is -3.09. The van der Waals surface area contributed by atoms with Crippen LogP contribution < -0.4 is 15.0 Å². The first-order valence-corrected chi connectivity index (χ1v) is 10.9. The predicted octanol–water partition coefficient (Wildman–Crippen LogP) is 4.08. The number of rotatable bonds is 6. The lowest BCUT2D eigenvalue weighted by Gasteiger charge is -2.33. The van der Waals surface area contributed by atoms with E-state index in [4.69, 9.17) is 14.1 Å². The van der Waals surface area contributed by atoms with E-state index in [9.17, 15) is 4.79 Å². The van der Waals surface area contributed by atoms with Gasteiger partial charge in [0, 0.05) is 25.2 Å². The van der Waals surface area contributed by atoms with E-state index >= 15 is 0 Å². The molecule has 0 spiro atoms. The number of piperidine rings is 1. The van der Waals surface area contributed by atoms with Gasteiger partial charge in [-0.05, 0) is 58.2 Å². The Morgan fingerprint density at radius 1 is 1.23 bits per heavy atom. The highest BCUT2D eigenvalue weighted by Gasteiger charge is 2.29. The van der Waals surface area contributed by atoms with Crippen molar-refractivity contribution in [3.8, 4) is 5.75 Å². The van der Waals surface area contributed by atoms with Crippen LogP contribution in [0.2, 0.25) is 0 Å². The van der Waals surface area contributed by atoms with E-state index in [0.717, 1.165) is 53.2 Å². The number of nitrogens with zero attached hydrogens (tertiary/aromatic N) is 3. The molecule has 0 radical (unpaired) electrons. The molecule has 0 bridgehead atoms. The number of anilines is 1. The molecule has 2 aromatic heterocycles. The number of furan rings is 1. The average Bonchev–Trinajstić information content (AvgIpc) is 3.06. The largest absolute Gasteiger partial charge is 0.494 e. The minimum absolute atomic E-state index is 0.0740. The first-order chi connectivity index (χ1) is 15.0. The van der Waals surface area contributed by atoms with Crippen molar-refractivity contribution in [1.82, 2.24) is 15.3 Å². The fourth-order valence-electron chi connectivity index (χ4n) is 4.15. The third-order valence-electron chi connectivity index (χ3n) is 5.91. The summed E-state index contributed by atoms with van der Waals surface area (Å²) in [6, 6.07) is 7.85. The molecular weight excluding hydrogens is 392 g/mol. The van der Waals surface area contributed by atoms with Crippen molar-refractivity contribution in [1.29, 1.82) is 0 Å². The highest BCUT2D eigenvalue weighted by molar-refractivity contribution is 5.90. The minimum atomic E-state index is -0.0740. The molecule has 0 aliphatic carbocycles. The summed E-state index contributed by atoms with van der Waals surface area (Å²) in [4.78, 5) is 24.3. The molecule has 1 saturated heterocycles. The summed E-state index contributed by atoms with van der Waals surface area (Å²) < 4.78 is 11.3. The Balaban J connectivity index is 1.45. The van der Waals surface area contributed by atoms with Crippen molar-refractivity contribution in [3.63, 3.8) is 0 Å². The fourth-order valence-corrected chi connectivity index (χ4v) is 4.15. The van der Waals surface area contributed by atoms with E-state index in [1.165, 1.54) is 0 Å². The second-order valence-corrected chi connectivity index (χ2v) is 8.14. The van der Waals surface area contributed by atoms with E-state index in [2.05, 4.69) is 15.2 Å². The quantitative estimate of drug-likeness (QED) is 0.645. The van der Waals surface area contributed by atoms with Crippen LogP contribution in [-0.2, 0) is 11.3 Å². The van der Waals surface area contributed by atoms with Crippen LogP contribution in [0.4, 0.5) is 5.82 Å². The summed E-state index contributed by atoms with van der Waals surface area (Å²) in [5, 5.41) is 4.06. The van der Waals surface area contributed by atoms with Crippen LogP contribution in [-0.4, -0.2) is 35.6 Å². The summed E-state index contributed by atoms with van der Waals surface area (Å²) in [6.07, 6.45) is 1.82. The standard InChI is InChI=1S/C24H30N4O3/c1-5-30-20-10-8-18(9-11-20)13-25-23(29)19-7-6-12-28(14-19)22-21-15(2)16(3)31-24(21)27-17(4)26-22/h8-11,19H,5-7,12-14H2,1-4H3,(H,25,29). The van der Waals surface area contributed by atoms with Gasteiger partial charge < -0.3 is 19.4 Å². The molecule has 164 valence electrons. The molecule has 7 nitrogen and oxygen atoms in total. The van der Waals surface area contributed by atoms with Crippen LogP contribution >= 0.6 is 0 Å². The van der Waals surface area contributed by atoms with Gasteiger partial charge in [-0.25, -0.2) is 4.98 Å². The van der Waals surface area contributed by atoms with Gasteiger partial charge in [-0.15, -0.1) is 0 Å². The van der Waals surface area contributed by atoms with Crippen LogP contribution in [0.25, 0.3) is 11.1 Å². The molecule has 1 aromatic carbocycles. The first-order valence-electron chi connectivity index (χ1n) is 10.9. The maximum Gasteiger partial charge on any atom is 0.231 e. The van der Waals surface area contributed by atoms with Gasteiger partial charge in [-0.1, -0.05) is 12.1 Å². The van der Waals surface area contributed by atoms with Crippen molar-refractivity contribution in [2.24, 2.45) is 5.92 Å². The number of nitrogens with one attached hydrogen (secondary N) is 1. The smallest absolute Gasteiger partial charge is 0.231 e.